The number of piperidine rings is 1. The van der Waals surface area contributed by atoms with Gasteiger partial charge in [-0.3, -0.25) is 9.78 Å². The van der Waals surface area contributed by atoms with E-state index in [1.54, 1.807) is 23.2 Å². The van der Waals surface area contributed by atoms with Crippen LogP contribution in [0.5, 0.6) is 0 Å². The molecular weight excluding hydrogens is 230 g/mol. The first-order chi connectivity index (χ1) is 8.61. The van der Waals surface area contributed by atoms with Crippen molar-refractivity contribution in [3.63, 3.8) is 0 Å². The van der Waals surface area contributed by atoms with Crippen molar-refractivity contribution in [1.29, 1.82) is 0 Å². The van der Waals surface area contributed by atoms with E-state index in [1.165, 1.54) is 0 Å². The van der Waals surface area contributed by atoms with Crippen LogP contribution in [-0.4, -0.2) is 40.1 Å². The lowest BCUT2D eigenvalue weighted by Gasteiger charge is -2.34. The van der Waals surface area contributed by atoms with Gasteiger partial charge in [-0.1, -0.05) is 6.92 Å². The highest BCUT2D eigenvalue weighted by atomic mass is 16.3. The Labute approximate surface area is 107 Å². The molecule has 1 aliphatic rings. The van der Waals surface area contributed by atoms with Crippen LogP contribution < -0.4 is 5.73 Å². The molecule has 0 spiro atoms. The molecule has 3 N–H and O–H groups in total. The number of amides is 1. The summed E-state index contributed by atoms with van der Waals surface area (Å²) < 4.78 is 0. The lowest BCUT2D eigenvalue weighted by atomic mass is 9.95. The number of rotatable bonds is 2. The maximum Gasteiger partial charge on any atom is 0.254 e. The Morgan fingerprint density at radius 1 is 1.67 bits per heavy atom. The molecule has 5 heteroatoms. The van der Waals surface area contributed by atoms with Gasteiger partial charge in [-0.25, -0.2) is 0 Å². The van der Waals surface area contributed by atoms with E-state index in [0.29, 0.717) is 30.9 Å². The molecule has 1 aliphatic heterocycles. The molecule has 0 bridgehead atoms. The van der Waals surface area contributed by atoms with Crippen LogP contribution in [0.2, 0.25) is 0 Å². The van der Waals surface area contributed by atoms with Crippen molar-refractivity contribution in [3.8, 4) is 0 Å². The Morgan fingerprint density at radius 2 is 2.44 bits per heavy atom. The molecule has 1 saturated heterocycles. The van der Waals surface area contributed by atoms with Crippen LogP contribution in [0.3, 0.4) is 0 Å². The van der Waals surface area contributed by atoms with E-state index in [0.717, 1.165) is 6.42 Å². The van der Waals surface area contributed by atoms with E-state index in [2.05, 4.69) is 4.98 Å². The Balaban J connectivity index is 2.11. The second kappa shape index (κ2) is 5.46. The molecule has 2 rings (SSSR count). The summed E-state index contributed by atoms with van der Waals surface area (Å²) in [5.41, 5.74) is 6.80. The molecule has 98 valence electrons. The van der Waals surface area contributed by atoms with Crippen LogP contribution in [0.4, 0.5) is 0 Å². The number of nitrogens with two attached hydrogens (primary N) is 1. The topological polar surface area (TPSA) is 79.5 Å². The van der Waals surface area contributed by atoms with Gasteiger partial charge in [-0.15, -0.1) is 0 Å². The van der Waals surface area contributed by atoms with Gasteiger partial charge in [0.15, 0.2) is 0 Å². The van der Waals surface area contributed by atoms with E-state index in [1.807, 2.05) is 6.92 Å². The molecule has 2 unspecified atom stereocenters. The van der Waals surface area contributed by atoms with Gasteiger partial charge in [-0.2, -0.15) is 0 Å². The molecule has 0 aromatic carbocycles. The van der Waals surface area contributed by atoms with Crippen LogP contribution in [-0.2, 0) is 6.54 Å². The number of carbonyl (C=O) groups is 1. The summed E-state index contributed by atoms with van der Waals surface area (Å²) in [5.74, 6) is 0.198. The maximum atomic E-state index is 12.3. The van der Waals surface area contributed by atoms with E-state index in [-0.39, 0.29) is 11.8 Å². The standard InChI is InChI=1S/C13H19N3O2/c1-9-3-5-16(8-12(9)17)13(18)10-2-4-15-11(6-10)7-14/h2,4,6,9,12,17H,3,5,7-8,14H2,1H3. The van der Waals surface area contributed by atoms with Crippen LogP contribution >= 0.6 is 0 Å². The summed E-state index contributed by atoms with van der Waals surface area (Å²) in [6.07, 6.45) is 2.00. The van der Waals surface area contributed by atoms with E-state index in [4.69, 9.17) is 5.73 Å². The number of pyridine rings is 1. The highest BCUT2D eigenvalue weighted by Crippen LogP contribution is 2.19. The summed E-state index contributed by atoms with van der Waals surface area (Å²) in [5, 5.41) is 9.82. The minimum Gasteiger partial charge on any atom is -0.391 e. The number of aromatic nitrogens is 1. The van der Waals surface area contributed by atoms with Gasteiger partial charge in [0.1, 0.15) is 0 Å². The van der Waals surface area contributed by atoms with E-state index in [9.17, 15) is 9.90 Å². The van der Waals surface area contributed by atoms with Crippen LogP contribution in [0.15, 0.2) is 18.3 Å². The number of hydrogen-bond donors (Lipinski definition) is 2. The Hall–Kier alpha value is -1.46. The maximum absolute atomic E-state index is 12.3. The average Bonchev–Trinajstić information content (AvgIpc) is 2.41. The third-order valence-electron chi connectivity index (χ3n) is 3.48. The predicted molar refractivity (Wildman–Crippen MR) is 67.8 cm³/mol. The monoisotopic (exact) mass is 249 g/mol. The average molecular weight is 249 g/mol. The summed E-state index contributed by atoms with van der Waals surface area (Å²) in [7, 11) is 0. The zero-order valence-electron chi connectivity index (χ0n) is 10.5. The Morgan fingerprint density at radius 3 is 3.11 bits per heavy atom. The molecule has 0 radical (unpaired) electrons. The van der Waals surface area contributed by atoms with Crippen molar-refractivity contribution in [2.75, 3.05) is 13.1 Å². The first kappa shape index (κ1) is 13.0. The predicted octanol–water partition coefficient (Wildman–Crippen LogP) is 0.383. The van der Waals surface area contributed by atoms with Gasteiger partial charge >= 0.3 is 0 Å². The molecule has 1 aromatic rings. The minimum absolute atomic E-state index is 0.0574. The zero-order chi connectivity index (χ0) is 13.1. The molecular formula is C13H19N3O2. The lowest BCUT2D eigenvalue weighted by Crippen LogP contribution is -2.45. The molecule has 18 heavy (non-hydrogen) atoms. The molecule has 1 aromatic heterocycles. The van der Waals surface area contributed by atoms with Gasteiger partial charge in [0.25, 0.3) is 5.91 Å². The Bertz CT molecular complexity index is 436. The quantitative estimate of drug-likeness (QED) is 0.794. The van der Waals surface area contributed by atoms with Gasteiger partial charge in [0.2, 0.25) is 0 Å². The molecule has 1 amide bonds. The third kappa shape index (κ3) is 2.68. The van der Waals surface area contributed by atoms with Crippen molar-refractivity contribution in [2.24, 2.45) is 11.7 Å². The second-order valence-electron chi connectivity index (χ2n) is 4.82. The summed E-state index contributed by atoms with van der Waals surface area (Å²) in [4.78, 5) is 18.0. The minimum atomic E-state index is -0.432. The first-order valence-corrected chi connectivity index (χ1v) is 6.24. The molecule has 2 atom stereocenters. The third-order valence-corrected chi connectivity index (χ3v) is 3.48. The fourth-order valence-corrected chi connectivity index (χ4v) is 2.14. The van der Waals surface area contributed by atoms with Gasteiger partial charge < -0.3 is 15.7 Å². The number of β-amino-alcohol motifs (C(OH)–C–C–N with tert-alkyl or cyclic N) is 1. The molecule has 1 fully saturated rings. The van der Waals surface area contributed by atoms with Crippen molar-refractivity contribution in [2.45, 2.75) is 26.0 Å². The Kier molecular flexibility index (Phi) is 3.93. The molecule has 2 heterocycles. The number of aliphatic hydroxyl groups is 1. The summed E-state index contributed by atoms with van der Waals surface area (Å²) >= 11 is 0. The molecule has 0 saturated carbocycles. The SMILES string of the molecule is CC1CCN(C(=O)c2ccnc(CN)c2)CC1O. The highest BCUT2D eigenvalue weighted by molar-refractivity contribution is 5.94. The number of carbonyl (C=O) groups excluding carboxylic acids is 1. The smallest absolute Gasteiger partial charge is 0.254 e. The van der Waals surface area contributed by atoms with E-state index < -0.39 is 6.10 Å². The van der Waals surface area contributed by atoms with Crippen molar-refractivity contribution < 1.29 is 9.90 Å². The highest BCUT2D eigenvalue weighted by Gasteiger charge is 2.27. The summed E-state index contributed by atoms with van der Waals surface area (Å²) in [6.45, 7) is 3.42. The lowest BCUT2D eigenvalue weighted by molar-refractivity contribution is 0.0248. The van der Waals surface area contributed by atoms with Gasteiger partial charge in [0.05, 0.1) is 11.8 Å². The number of nitrogens with zero attached hydrogens (tertiary/aromatic N) is 2. The van der Waals surface area contributed by atoms with Crippen LogP contribution in [0, 0.1) is 5.92 Å². The molecule has 5 nitrogen and oxygen atoms in total. The van der Waals surface area contributed by atoms with E-state index >= 15 is 0 Å². The normalized spacial score (nSPS) is 24.1. The van der Waals surface area contributed by atoms with Gasteiger partial charge in [-0.05, 0) is 24.5 Å². The number of likely N-dealkylation sites (tertiary alicyclic amines) is 1. The number of hydrogen-bond acceptors (Lipinski definition) is 4. The zero-order valence-corrected chi connectivity index (χ0v) is 10.5. The van der Waals surface area contributed by atoms with Crippen molar-refractivity contribution >= 4 is 5.91 Å². The van der Waals surface area contributed by atoms with Crippen molar-refractivity contribution in [3.05, 3.63) is 29.6 Å². The fraction of sp³-hybridized carbons (Fsp3) is 0.538. The number of aliphatic hydroxyl groups excluding tert-OH is 1. The fourth-order valence-electron chi connectivity index (χ4n) is 2.14. The molecule has 0 aliphatic carbocycles. The second-order valence-corrected chi connectivity index (χ2v) is 4.82. The first-order valence-electron chi connectivity index (χ1n) is 6.24. The largest absolute Gasteiger partial charge is 0.391 e. The van der Waals surface area contributed by atoms with Crippen LogP contribution in [0.1, 0.15) is 29.4 Å². The summed E-state index contributed by atoms with van der Waals surface area (Å²) in [6, 6.07) is 3.40. The van der Waals surface area contributed by atoms with Crippen LogP contribution in [0.25, 0.3) is 0 Å². The van der Waals surface area contributed by atoms with Gasteiger partial charge in [0, 0.05) is 31.4 Å². The van der Waals surface area contributed by atoms with Crippen molar-refractivity contribution in [1.82, 2.24) is 9.88 Å².